The highest BCUT2D eigenvalue weighted by Crippen LogP contribution is 2.41. The molecule has 20 heavy (non-hydrogen) atoms. The number of hydrogen-bond donors (Lipinski definition) is 1. The van der Waals surface area contributed by atoms with Crippen molar-refractivity contribution in [1.82, 2.24) is 0 Å². The standard InChI is InChI=1S/C16H21BrO3/c17-14-5-3-4-12(11-18)15(14)20-13-6-9-19-16(10-13)7-1-2-8-16/h3-5,13,18H,1-2,6-11H2. The van der Waals surface area contributed by atoms with Gasteiger partial charge in [0.15, 0.2) is 0 Å². The Bertz CT molecular complexity index is 469. The Balaban J connectivity index is 1.74. The summed E-state index contributed by atoms with van der Waals surface area (Å²) < 4.78 is 13.2. The minimum atomic E-state index is 0.00311. The molecule has 0 amide bonds. The molecule has 1 aromatic carbocycles. The van der Waals surface area contributed by atoms with Crippen molar-refractivity contribution in [1.29, 1.82) is 0 Å². The van der Waals surface area contributed by atoms with Gasteiger partial charge >= 0.3 is 0 Å². The van der Waals surface area contributed by atoms with Crippen LogP contribution in [0.4, 0.5) is 0 Å². The zero-order chi connectivity index (χ0) is 14.0. The maximum atomic E-state index is 9.45. The monoisotopic (exact) mass is 340 g/mol. The second-order valence-electron chi connectivity index (χ2n) is 5.86. The van der Waals surface area contributed by atoms with Gasteiger partial charge in [-0.1, -0.05) is 25.0 Å². The second kappa shape index (κ2) is 6.04. The molecule has 1 atom stereocenters. The first-order valence-corrected chi connectivity index (χ1v) is 8.21. The van der Waals surface area contributed by atoms with Crippen LogP contribution in [0, 0.1) is 0 Å². The molecular formula is C16H21BrO3. The van der Waals surface area contributed by atoms with E-state index < -0.39 is 0 Å². The molecule has 1 saturated heterocycles. The number of ether oxygens (including phenoxy) is 2. The summed E-state index contributed by atoms with van der Waals surface area (Å²) in [5, 5.41) is 9.45. The Morgan fingerprint density at radius 3 is 2.90 bits per heavy atom. The van der Waals surface area contributed by atoms with Crippen molar-refractivity contribution in [2.45, 2.75) is 56.8 Å². The van der Waals surface area contributed by atoms with Crippen LogP contribution in [0.15, 0.2) is 22.7 Å². The summed E-state index contributed by atoms with van der Waals surface area (Å²) in [6.07, 6.45) is 6.94. The van der Waals surface area contributed by atoms with Crippen molar-refractivity contribution in [3.63, 3.8) is 0 Å². The summed E-state index contributed by atoms with van der Waals surface area (Å²) in [7, 11) is 0. The van der Waals surface area contributed by atoms with Crippen molar-refractivity contribution >= 4 is 15.9 Å². The van der Waals surface area contributed by atoms with E-state index in [2.05, 4.69) is 15.9 Å². The van der Waals surface area contributed by atoms with E-state index in [0.29, 0.717) is 0 Å². The number of para-hydroxylation sites is 1. The lowest BCUT2D eigenvalue weighted by atomic mass is 9.90. The average molecular weight is 341 g/mol. The molecule has 2 aliphatic rings. The fourth-order valence-electron chi connectivity index (χ4n) is 3.43. The first-order chi connectivity index (χ1) is 9.72. The molecule has 2 fully saturated rings. The minimum absolute atomic E-state index is 0.00311. The third-order valence-electron chi connectivity index (χ3n) is 4.47. The molecular weight excluding hydrogens is 320 g/mol. The zero-order valence-electron chi connectivity index (χ0n) is 11.6. The topological polar surface area (TPSA) is 38.7 Å². The smallest absolute Gasteiger partial charge is 0.139 e. The number of benzene rings is 1. The lowest BCUT2D eigenvalue weighted by molar-refractivity contribution is -0.108. The molecule has 0 radical (unpaired) electrons. The maximum Gasteiger partial charge on any atom is 0.139 e. The van der Waals surface area contributed by atoms with Crippen LogP contribution < -0.4 is 4.74 Å². The van der Waals surface area contributed by atoms with Gasteiger partial charge < -0.3 is 14.6 Å². The molecule has 1 aromatic rings. The van der Waals surface area contributed by atoms with E-state index in [1.54, 1.807) is 0 Å². The van der Waals surface area contributed by atoms with Crippen LogP contribution in [0.2, 0.25) is 0 Å². The highest BCUT2D eigenvalue weighted by molar-refractivity contribution is 9.10. The lowest BCUT2D eigenvalue weighted by Crippen LogP contribution is -2.41. The summed E-state index contributed by atoms with van der Waals surface area (Å²) in [5.74, 6) is 0.787. The number of aliphatic hydroxyl groups is 1. The van der Waals surface area contributed by atoms with Crippen molar-refractivity contribution in [2.24, 2.45) is 0 Å². The SMILES string of the molecule is OCc1cccc(Br)c1OC1CCOC2(CCCC2)C1. The average Bonchev–Trinajstić information content (AvgIpc) is 2.89. The normalized spacial score (nSPS) is 25.0. The Labute approximate surface area is 128 Å². The minimum Gasteiger partial charge on any atom is -0.489 e. The molecule has 1 spiro atoms. The van der Waals surface area contributed by atoms with E-state index >= 15 is 0 Å². The predicted octanol–water partition coefficient (Wildman–Crippen LogP) is 3.81. The number of halogens is 1. The number of aliphatic hydroxyl groups excluding tert-OH is 1. The quantitative estimate of drug-likeness (QED) is 0.909. The molecule has 1 heterocycles. The fraction of sp³-hybridized carbons (Fsp3) is 0.625. The third kappa shape index (κ3) is 2.87. The van der Waals surface area contributed by atoms with Gasteiger partial charge in [-0.3, -0.25) is 0 Å². The van der Waals surface area contributed by atoms with E-state index in [1.165, 1.54) is 12.8 Å². The Morgan fingerprint density at radius 2 is 2.15 bits per heavy atom. The van der Waals surface area contributed by atoms with Crippen LogP contribution in [-0.2, 0) is 11.3 Å². The molecule has 1 aliphatic carbocycles. The molecule has 3 rings (SSSR count). The highest BCUT2D eigenvalue weighted by Gasteiger charge is 2.40. The van der Waals surface area contributed by atoms with E-state index in [-0.39, 0.29) is 18.3 Å². The van der Waals surface area contributed by atoms with E-state index in [9.17, 15) is 5.11 Å². The Hall–Kier alpha value is -0.580. The first kappa shape index (κ1) is 14.4. The van der Waals surface area contributed by atoms with Gasteiger partial charge in [0.05, 0.1) is 23.3 Å². The molecule has 1 N–H and O–H groups in total. The maximum absolute atomic E-state index is 9.45. The van der Waals surface area contributed by atoms with Crippen LogP contribution in [0.3, 0.4) is 0 Å². The van der Waals surface area contributed by atoms with E-state index in [1.807, 2.05) is 18.2 Å². The largest absolute Gasteiger partial charge is 0.489 e. The molecule has 1 unspecified atom stereocenters. The van der Waals surface area contributed by atoms with Crippen LogP contribution in [-0.4, -0.2) is 23.4 Å². The van der Waals surface area contributed by atoms with Crippen molar-refractivity contribution < 1.29 is 14.6 Å². The van der Waals surface area contributed by atoms with Gasteiger partial charge in [0.2, 0.25) is 0 Å². The van der Waals surface area contributed by atoms with Gasteiger partial charge in [-0.25, -0.2) is 0 Å². The first-order valence-electron chi connectivity index (χ1n) is 7.41. The summed E-state index contributed by atoms with van der Waals surface area (Å²) in [6.45, 7) is 0.784. The van der Waals surface area contributed by atoms with Gasteiger partial charge in [-0.05, 0) is 34.8 Å². The van der Waals surface area contributed by atoms with Crippen LogP contribution in [0.1, 0.15) is 44.1 Å². The molecule has 110 valence electrons. The van der Waals surface area contributed by atoms with Gasteiger partial charge in [0, 0.05) is 18.4 Å². The predicted molar refractivity (Wildman–Crippen MR) is 80.9 cm³/mol. The molecule has 0 bridgehead atoms. The van der Waals surface area contributed by atoms with E-state index in [4.69, 9.17) is 9.47 Å². The van der Waals surface area contributed by atoms with Gasteiger partial charge in [0.25, 0.3) is 0 Å². The summed E-state index contributed by atoms with van der Waals surface area (Å²) in [4.78, 5) is 0. The summed E-state index contributed by atoms with van der Waals surface area (Å²) >= 11 is 3.52. The Kier molecular flexibility index (Phi) is 4.34. The molecule has 4 heteroatoms. The van der Waals surface area contributed by atoms with Crippen LogP contribution >= 0.6 is 15.9 Å². The van der Waals surface area contributed by atoms with Crippen LogP contribution in [0.5, 0.6) is 5.75 Å². The molecule has 1 aliphatic heterocycles. The second-order valence-corrected chi connectivity index (χ2v) is 6.71. The van der Waals surface area contributed by atoms with Crippen molar-refractivity contribution in [3.8, 4) is 5.75 Å². The molecule has 1 saturated carbocycles. The molecule has 3 nitrogen and oxygen atoms in total. The number of hydrogen-bond acceptors (Lipinski definition) is 3. The Morgan fingerprint density at radius 1 is 1.35 bits per heavy atom. The highest BCUT2D eigenvalue weighted by atomic mass is 79.9. The third-order valence-corrected chi connectivity index (χ3v) is 5.09. The zero-order valence-corrected chi connectivity index (χ0v) is 13.2. The van der Waals surface area contributed by atoms with Gasteiger partial charge in [0.1, 0.15) is 11.9 Å². The van der Waals surface area contributed by atoms with Gasteiger partial charge in [-0.15, -0.1) is 0 Å². The summed E-state index contributed by atoms with van der Waals surface area (Å²) in [6, 6.07) is 5.79. The number of rotatable bonds is 3. The summed E-state index contributed by atoms with van der Waals surface area (Å²) in [5.41, 5.74) is 0.898. The lowest BCUT2D eigenvalue weighted by Gasteiger charge is -2.38. The van der Waals surface area contributed by atoms with Gasteiger partial charge in [-0.2, -0.15) is 0 Å². The fourth-order valence-corrected chi connectivity index (χ4v) is 3.93. The van der Waals surface area contributed by atoms with Crippen molar-refractivity contribution in [2.75, 3.05) is 6.61 Å². The van der Waals surface area contributed by atoms with Crippen LogP contribution in [0.25, 0.3) is 0 Å². The van der Waals surface area contributed by atoms with Crippen molar-refractivity contribution in [3.05, 3.63) is 28.2 Å². The van der Waals surface area contributed by atoms with E-state index in [0.717, 1.165) is 48.1 Å². The molecule has 0 aromatic heterocycles.